The van der Waals surface area contributed by atoms with Crippen molar-refractivity contribution in [3.8, 4) is 0 Å². The molecule has 0 bridgehead atoms. The normalized spacial score (nSPS) is 14.0. The first kappa shape index (κ1) is 14.4. The highest BCUT2D eigenvalue weighted by molar-refractivity contribution is 5.49. The molecular weight excluding hydrogens is 192 g/mol. The highest BCUT2D eigenvalue weighted by atomic mass is 14.0. The van der Waals surface area contributed by atoms with Gasteiger partial charge in [0.2, 0.25) is 0 Å². The molecule has 0 atom stereocenters. The molecule has 0 heteroatoms. The third-order valence-corrected chi connectivity index (χ3v) is 1.94. The summed E-state index contributed by atoms with van der Waals surface area (Å²) >= 11 is 0. The predicted molar refractivity (Wildman–Crippen MR) is 75.4 cm³/mol. The van der Waals surface area contributed by atoms with Crippen LogP contribution in [0, 0.1) is 5.92 Å². The van der Waals surface area contributed by atoms with Crippen LogP contribution < -0.4 is 0 Å². The molecule has 0 aromatic heterocycles. The van der Waals surface area contributed by atoms with Crippen LogP contribution in [-0.2, 0) is 0 Å². The Morgan fingerprint density at radius 3 is 1.81 bits per heavy atom. The lowest BCUT2D eigenvalue weighted by atomic mass is 10.0. The fourth-order valence-corrected chi connectivity index (χ4v) is 1.23. The highest BCUT2D eigenvalue weighted by Gasteiger charge is 1.96. The van der Waals surface area contributed by atoms with Crippen LogP contribution in [0.2, 0.25) is 0 Å². The van der Waals surface area contributed by atoms with Crippen molar-refractivity contribution in [3.63, 3.8) is 0 Å². The fraction of sp³-hybridized carbons (Fsp3) is 0.250. The standard InChI is InChI=1S/C16H22/c1-6-9-15(10-7-2)16(11-8-3)13-12-14(4)5/h6-14H,1,3H2,2,4-5H3/b10-7-,13-12-,15-9+,16-11+. The van der Waals surface area contributed by atoms with Crippen molar-refractivity contribution >= 4 is 0 Å². The average molecular weight is 214 g/mol. The zero-order valence-corrected chi connectivity index (χ0v) is 10.6. The summed E-state index contributed by atoms with van der Waals surface area (Å²) < 4.78 is 0. The van der Waals surface area contributed by atoms with Crippen LogP contribution in [-0.4, -0.2) is 0 Å². The molecule has 0 saturated heterocycles. The van der Waals surface area contributed by atoms with Gasteiger partial charge in [0, 0.05) is 0 Å². The average Bonchev–Trinajstić information content (AvgIpc) is 2.24. The van der Waals surface area contributed by atoms with Gasteiger partial charge in [0.05, 0.1) is 0 Å². The molecule has 0 spiro atoms. The molecule has 0 aromatic rings. The zero-order chi connectivity index (χ0) is 12.4. The topological polar surface area (TPSA) is 0 Å². The molecular formula is C16H22. The van der Waals surface area contributed by atoms with Gasteiger partial charge >= 0.3 is 0 Å². The van der Waals surface area contributed by atoms with Gasteiger partial charge in [0.15, 0.2) is 0 Å². The van der Waals surface area contributed by atoms with Gasteiger partial charge in [-0.2, -0.15) is 0 Å². The van der Waals surface area contributed by atoms with E-state index < -0.39 is 0 Å². The van der Waals surface area contributed by atoms with Crippen LogP contribution in [0.15, 0.2) is 72.9 Å². The van der Waals surface area contributed by atoms with Crippen LogP contribution >= 0.6 is 0 Å². The maximum Gasteiger partial charge on any atom is -0.0187 e. The lowest BCUT2D eigenvalue weighted by molar-refractivity contribution is 0.831. The van der Waals surface area contributed by atoms with E-state index in [9.17, 15) is 0 Å². The Kier molecular flexibility index (Phi) is 7.87. The summed E-state index contributed by atoms with van der Waals surface area (Å²) in [6.07, 6.45) is 16.0. The number of allylic oxidation sites excluding steroid dienone is 10. The SMILES string of the molecule is C=C/C=C(\C=C/C)C(/C=C\C(C)C)=C/C=C. The second-order valence-corrected chi connectivity index (χ2v) is 3.82. The minimum Gasteiger partial charge on any atom is -0.0990 e. The van der Waals surface area contributed by atoms with Crippen LogP contribution in [0.25, 0.3) is 0 Å². The molecule has 0 amide bonds. The van der Waals surface area contributed by atoms with E-state index in [1.165, 1.54) is 0 Å². The lowest BCUT2D eigenvalue weighted by Crippen LogP contribution is -1.85. The first-order valence-electron chi connectivity index (χ1n) is 5.62. The summed E-state index contributed by atoms with van der Waals surface area (Å²) in [6, 6.07) is 0. The third-order valence-electron chi connectivity index (χ3n) is 1.94. The van der Waals surface area contributed by atoms with Crippen LogP contribution in [0.1, 0.15) is 20.8 Å². The fourth-order valence-electron chi connectivity index (χ4n) is 1.23. The second-order valence-electron chi connectivity index (χ2n) is 3.82. The van der Waals surface area contributed by atoms with Crippen molar-refractivity contribution < 1.29 is 0 Å². The van der Waals surface area contributed by atoms with E-state index in [2.05, 4.69) is 45.2 Å². The summed E-state index contributed by atoms with van der Waals surface area (Å²) in [4.78, 5) is 0. The van der Waals surface area contributed by atoms with Crippen LogP contribution in [0.3, 0.4) is 0 Å². The Labute approximate surface area is 100 Å². The van der Waals surface area contributed by atoms with Crippen LogP contribution in [0.4, 0.5) is 0 Å². The van der Waals surface area contributed by atoms with Gasteiger partial charge in [0.1, 0.15) is 0 Å². The maximum atomic E-state index is 3.74. The number of hydrogen-bond donors (Lipinski definition) is 0. The first-order chi connectivity index (χ1) is 7.65. The predicted octanol–water partition coefficient (Wildman–Crippen LogP) is 5.00. The van der Waals surface area contributed by atoms with Gasteiger partial charge in [-0.25, -0.2) is 0 Å². The van der Waals surface area contributed by atoms with E-state index in [1.54, 1.807) is 12.2 Å². The molecule has 0 unspecified atom stereocenters. The summed E-state index contributed by atoms with van der Waals surface area (Å²) in [5, 5.41) is 0. The summed E-state index contributed by atoms with van der Waals surface area (Å²) in [6.45, 7) is 13.8. The number of rotatable bonds is 6. The summed E-state index contributed by atoms with van der Waals surface area (Å²) in [5.74, 6) is 0.545. The van der Waals surface area contributed by atoms with E-state index in [0.29, 0.717) is 5.92 Å². The van der Waals surface area contributed by atoms with E-state index in [4.69, 9.17) is 0 Å². The minimum atomic E-state index is 0.545. The molecule has 0 rings (SSSR count). The monoisotopic (exact) mass is 214 g/mol. The van der Waals surface area contributed by atoms with E-state index in [1.807, 2.05) is 25.2 Å². The molecule has 0 nitrogen and oxygen atoms in total. The molecule has 0 saturated carbocycles. The Morgan fingerprint density at radius 2 is 1.44 bits per heavy atom. The number of hydrogen-bond acceptors (Lipinski definition) is 0. The first-order valence-corrected chi connectivity index (χ1v) is 5.62. The Balaban J connectivity index is 5.16. The maximum absolute atomic E-state index is 3.74. The molecule has 86 valence electrons. The van der Waals surface area contributed by atoms with E-state index in [-0.39, 0.29) is 0 Å². The molecule has 0 aliphatic rings. The van der Waals surface area contributed by atoms with Gasteiger partial charge in [-0.1, -0.05) is 75.6 Å². The van der Waals surface area contributed by atoms with Crippen LogP contribution in [0.5, 0.6) is 0 Å². The third kappa shape index (κ3) is 6.02. The second kappa shape index (κ2) is 8.72. The van der Waals surface area contributed by atoms with Crippen molar-refractivity contribution in [2.24, 2.45) is 5.92 Å². The van der Waals surface area contributed by atoms with Crippen molar-refractivity contribution in [2.45, 2.75) is 20.8 Å². The van der Waals surface area contributed by atoms with Crippen molar-refractivity contribution in [2.75, 3.05) is 0 Å². The van der Waals surface area contributed by atoms with Gasteiger partial charge in [-0.15, -0.1) is 0 Å². The summed E-state index contributed by atoms with van der Waals surface area (Å²) in [5.41, 5.74) is 2.30. The molecule has 16 heavy (non-hydrogen) atoms. The molecule has 0 aromatic carbocycles. The van der Waals surface area contributed by atoms with Gasteiger partial charge in [0.25, 0.3) is 0 Å². The van der Waals surface area contributed by atoms with Crippen molar-refractivity contribution in [1.82, 2.24) is 0 Å². The quantitative estimate of drug-likeness (QED) is 0.546. The Bertz CT molecular complexity index is 333. The Morgan fingerprint density at radius 1 is 0.938 bits per heavy atom. The molecule has 0 aliphatic carbocycles. The smallest absolute Gasteiger partial charge is 0.0187 e. The molecule has 0 N–H and O–H groups in total. The molecule has 0 radical (unpaired) electrons. The van der Waals surface area contributed by atoms with E-state index in [0.717, 1.165) is 11.1 Å². The molecule has 0 aliphatic heterocycles. The zero-order valence-electron chi connectivity index (χ0n) is 10.6. The van der Waals surface area contributed by atoms with E-state index >= 15 is 0 Å². The highest BCUT2D eigenvalue weighted by Crippen LogP contribution is 2.15. The van der Waals surface area contributed by atoms with Gasteiger partial charge < -0.3 is 0 Å². The Hall–Kier alpha value is -1.56. The minimum absolute atomic E-state index is 0.545. The van der Waals surface area contributed by atoms with Crippen molar-refractivity contribution in [1.29, 1.82) is 0 Å². The van der Waals surface area contributed by atoms with Crippen molar-refractivity contribution in [3.05, 3.63) is 72.9 Å². The summed E-state index contributed by atoms with van der Waals surface area (Å²) in [7, 11) is 0. The largest absolute Gasteiger partial charge is 0.0990 e. The lowest BCUT2D eigenvalue weighted by Gasteiger charge is -2.03. The van der Waals surface area contributed by atoms with Gasteiger partial charge in [-0.05, 0) is 24.0 Å². The van der Waals surface area contributed by atoms with Gasteiger partial charge in [-0.3, -0.25) is 0 Å². The molecule has 0 heterocycles. The molecule has 0 fully saturated rings.